The number of nitrogens with zero attached hydrogens (tertiary/aromatic N) is 1. The fourth-order valence-electron chi connectivity index (χ4n) is 2.38. The average Bonchev–Trinajstić information content (AvgIpc) is 2.64. The van der Waals surface area contributed by atoms with E-state index >= 15 is 0 Å². The van der Waals surface area contributed by atoms with Crippen molar-refractivity contribution in [2.45, 2.75) is 19.5 Å². The monoisotopic (exact) mass is 378 g/mol. The smallest absolute Gasteiger partial charge is 0.261 e. The first-order chi connectivity index (χ1) is 12.4. The normalized spacial score (nSPS) is 11.5. The highest BCUT2D eigenvalue weighted by Gasteiger charge is 2.25. The molecule has 0 fully saturated rings. The average molecular weight is 379 g/mol. The lowest BCUT2D eigenvalue weighted by atomic mass is 10.1. The van der Waals surface area contributed by atoms with Crippen LogP contribution in [0.25, 0.3) is 0 Å². The Bertz CT molecular complexity index is 768. The number of benzene rings is 2. The predicted molar refractivity (Wildman–Crippen MR) is 97.4 cm³/mol. The first-order valence-electron chi connectivity index (χ1n) is 8.04. The van der Waals surface area contributed by atoms with Gasteiger partial charge in [0.05, 0.1) is 0 Å². The van der Waals surface area contributed by atoms with Gasteiger partial charge in [-0.2, -0.15) is 0 Å². The molecule has 0 aliphatic rings. The molecule has 2 rings (SSSR count). The van der Waals surface area contributed by atoms with E-state index in [1.165, 1.54) is 36.2 Å². The SMILES string of the molecule is CNC(=O)[C@@H](C)N(Cc1cccc(Cl)c1)C(=O)COc1ccc(F)cc1. The summed E-state index contributed by atoms with van der Waals surface area (Å²) in [7, 11) is 1.51. The first kappa shape index (κ1) is 19.7. The van der Waals surface area contributed by atoms with Gasteiger partial charge >= 0.3 is 0 Å². The third-order valence-electron chi connectivity index (χ3n) is 3.83. The molecular weight excluding hydrogens is 359 g/mol. The van der Waals surface area contributed by atoms with Crippen LogP contribution in [0.2, 0.25) is 5.02 Å². The maximum absolute atomic E-state index is 12.9. The number of ether oxygens (including phenoxy) is 1. The number of carbonyl (C=O) groups excluding carboxylic acids is 2. The summed E-state index contributed by atoms with van der Waals surface area (Å²) in [5.41, 5.74) is 0.795. The molecule has 0 heterocycles. The lowest BCUT2D eigenvalue weighted by molar-refractivity contribution is -0.142. The molecule has 2 aromatic carbocycles. The Balaban J connectivity index is 2.12. The van der Waals surface area contributed by atoms with E-state index in [1.807, 2.05) is 6.07 Å². The highest BCUT2D eigenvalue weighted by molar-refractivity contribution is 6.30. The van der Waals surface area contributed by atoms with Crippen LogP contribution in [0.1, 0.15) is 12.5 Å². The molecule has 1 N–H and O–H groups in total. The number of likely N-dealkylation sites (N-methyl/N-ethyl adjacent to an activating group) is 1. The fourth-order valence-corrected chi connectivity index (χ4v) is 2.60. The number of rotatable bonds is 7. The van der Waals surface area contributed by atoms with Gasteiger partial charge in [-0.05, 0) is 48.9 Å². The van der Waals surface area contributed by atoms with Gasteiger partial charge in [-0.25, -0.2) is 4.39 Å². The first-order valence-corrected chi connectivity index (χ1v) is 8.42. The van der Waals surface area contributed by atoms with Crippen molar-refractivity contribution < 1.29 is 18.7 Å². The second-order valence-electron chi connectivity index (χ2n) is 5.68. The minimum Gasteiger partial charge on any atom is -0.484 e. The van der Waals surface area contributed by atoms with Crippen LogP contribution < -0.4 is 10.1 Å². The van der Waals surface area contributed by atoms with Crippen LogP contribution in [0.5, 0.6) is 5.75 Å². The minimum absolute atomic E-state index is 0.209. The zero-order chi connectivity index (χ0) is 19.1. The van der Waals surface area contributed by atoms with E-state index in [-0.39, 0.29) is 30.8 Å². The number of hydrogen-bond acceptors (Lipinski definition) is 3. The Labute approximate surface area is 156 Å². The van der Waals surface area contributed by atoms with E-state index in [9.17, 15) is 14.0 Å². The van der Waals surface area contributed by atoms with Gasteiger partial charge in [-0.3, -0.25) is 9.59 Å². The summed E-state index contributed by atoms with van der Waals surface area (Å²) in [6, 6.07) is 11.7. The molecule has 1 atom stereocenters. The summed E-state index contributed by atoms with van der Waals surface area (Å²) in [6.45, 7) is 1.58. The van der Waals surface area contributed by atoms with Crippen LogP contribution in [-0.4, -0.2) is 36.4 Å². The fraction of sp³-hybridized carbons (Fsp3) is 0.263. The molecule has 0 saturated heterocycles. The molecule has 26 heavy (non-hydrogen) atoms. The van der Waals surface area contributed by atoms with Gasteiger partial charge in [0.15, 0.2) is 6.61 Å². The van der Waals surface area contributed by atoms with E-state index < -0.39 is 6.04 Å². The Morgan fingerprint density at radius 3 is 2.54 bits per heavy atom. The number of carbonyl (C=O) groups is 2. The van der Waals surface area contributed by atoms with Crippen molar-refractivity contribution in [1.29, 1.82) is 0 Å². The molecule has 0 unspecified atom stereocenters. The van der Waals surface area contributed by atoms with Gasteiger partial charge in [-0.1, -0.05) is 23.7 Å². The molecule has 0 aliphatic carbocycles. The van der Waals surface area contributed by atoms with Crippen LogP contribution in [0.15, 0.2) is 48.5 Å². The van der Waals surface area contributed by atoms with Crippen LogP contribution >= 0.6 is 11.6 Å². The predicted octanol–water partition coefficient (Wildman–Crippen LogP) is 3.02. The molecule has 7 heteroatoms. The van der Waals surface area contributed by atoms with E-state index in [0.29, 0.717) is 10.8 Å². The van der Waals surface area contributed by atoms with Crippen molar-refractivity contribution in [3.63, 3.8) is 0 Å². The molecular formula is C19H20ClFN2O3. The Morgan fingerprint density at radius 1 is 1.23 bits per heavy atom. The lowest BCUT2D eigenvalue weighted by Gasteiger charge is -2.28. The highest BCUT2D eigenvalue weighted by Crippen LogP contribution is 2.16. The maximum Gasteiger partial charge on any atom is 0.261 e. The van der Waals surface area contributed by atoms with Gasteiger partial charge in [0.25, 0.3) is 5.91 Å². The Kier molecular flexibility index (Phi) is 6.97. The van der Waals surface area contributed by atoms with Gasteiger partial charge < -0.3 is 15.0 Å². The molecule has 2 amide bonds. The number of nitrogens with one attached hydrogen (secondary N) is 1. The zero-order valence-electron chi connectivity index (χ0n) is 14.5. The van der Waals surface area contributed by atoms with Crippen molar-refractivity contribution in [3.05, 3.63) is 64.9 Å². The summed E-state index contributed by atoms with van der Waals surface area (Å²) in [4.78, 5) is 26.1. The van der Waals surface area contributed by atoms with E-state index in [1.54, 1.807) is 25.1 Å². The molecule has 0 aromatic heterocycles. The molecule has 0 radical (unpaired) electrons. The third-order valence-corrected chi connectivity index (χ3v) is 4.07. The van der Waals surface area contributed by atoms with E-state index in [0.717, 1.165) is 5.56 Å². The molecule has 0 bridgehead atoms. The summed E-state index contributed by atoms with van der Waals surface area (Å²) < 4.78 is 18.3. The highest BCUT2D eigenvalue weighted by atomic mass is 35.5. The molecule has 2 aromatic rings. The van der Waals surface area contributed by atoms with Crippen molar-refractivity contribution in [2.24, 2.45) is 0 Å². The minimum atomic E-state index is -0.691. The number of hydrogen-bond donors (Lipinski definition) is 1. The largest absolute Gasteiger partial charge is 0.484 e. The van der Waals surface area contributed by atoms with Gasteiger partial charge in [0.2, 0.25) is 5.91 Å². The number of amides is 2. The Hall–Kier alpha value is -2.60. The van der Waals surface area contributed by atoms with Gasteiger partial charge in [0.1, 0.15) is 17.6 Å². The van der Waals surface area contributed by atoms with Gasteiger partial charge in [-0.15, -0.1) is 0 Å². The van der Waals surface area contributed by atoms with Crippen molar-refractivity contribution in [1.82, 2.24) is 10.2 Å². The molecule has 0 saturated carbocycles. The third kappa shape index (κ3) is 5.46. The molecule has 138 valence electrons. The van der Waals surface area contributed by atoms with Crippen LogP contribution in [-0.2, 0) is 16.1 Å². The van der Waals surface area contributed by atoms with E-state index in [2.05, 4.69) is 5.32 Å². The lowest BCUT2D eigenvalue weighted by Crippen LogP contribution is -2.48. The molecule has 0 spiro atoms. The second-order valence-corrected chi connectivity index (χ2v) is 6.12. The maximum atomic E-state index is 12.9. The van der Waals surface area contributed by atoms with Crippen molar-refractivity contribution in [2.75, 3.05) is 13.7 Å². The topological polar surface area (TPSA) is 58.6 Å². The number of halogens is 2. The standard InChI is InChI=1S/C19H20ClFN2O3/c1-13(19(25)22-2)23(11-14-4-3-5-15(20)10-14)18(24)12-26-17-8-6-16(21)7-9-17/h3-10,13H,11-12H2,1-2H3,(H,22,25)/t13-/m1/s1. The van der Waals surface area contributed by atoms with Crippen molar-refractivity contribution >= 4 is 23.4 Å². The zero-order valence-corrected chi connectivity index (χ0v) is 15.3. The quantitative estimate of drug-likeness (QED) is 0.805. The second kappa shape index (κ2) is 9.20. The van der Waals surface area contributed by atoms with Crippen molar-refractivity contribution in [3.8, 4) is 5.75 Å². The molecule has 5 nitrogen and oxygen atoms in total. The summed E-state index contributed by atoms with van der Waals surface area (Å²) in [5, 5.41) is 3.08. The van der Waals surface area contributed by atoms with Gasteiger partial charge in [0, 0.05) is 18.6 Å². The van der Waals surface area contributed by atoms with Crippen LogP contribution in [0, 0.1) is 5.82 Å². The van der Waals surface area contributed by atoms with E-state index in [4.69, 9.17) is 16.3 Å². The Morgan fingerprint density at radius 2 is 1.92 bits per heavy atom. The van der Waals surface area contributed by atoms with Crippen LogP contribution in [0.4, 0.5) is 4.39 Å². The van der Waals surface area contributed by atoms with Crippen LogP contribution in [0.3, 0.4) is 0 Å². The summed E-state index contributed by atoms with van der Waals surface area (Å²) in [6.07, 6.45) is 0. The summed E-state index contributed by atoms with van der Waals surface area (Å²) >= 11 is 5.99. The summed E-state index contributed by atoms with van der Waals surface area (Å²) in [5.74, 6) is -0.679. The molecule has 0 aliphatic heterocycles.